The van der Waals surface area contributed by atoms with Crippen molar-refractivity contribution in [1.29, 1.82) is 0 Å². The number of hydrogen-bond donors (Lipinski definition) is 1. The smallest absolute Gasteiger partial charge is 0.197 e. The zero-order chi connectivity index (χ0) is 14.8. The number of oxazole rings is 1. The molecule has 21 heavy (non-hydrogen) atoms. The second-order valence-corrected chi connectivity index (χ2v) is 5.22. The van der Waals surface area contributed by atoms with E-state index in [1.165, 1.54) is 12.1 Å². The second kappa shape index (κ2) is 5.84. The maximum Gasteiger partial charge on any atom is 0.197 e. The third-order valence-electron chi connectivity index (χ3n) is 3.40. The Morgan fingerprint density at radius 1 is 1.29 bits per heavy atom. The third kappa shape index (κ3) is 2.91. The van der Waals surface area contributed by atoms with E-state index in [4.69, 9.17) is 16.0 Å². The van der Waals surface area contributed by atoms with Crippen molar-refractivity contribution in [3.63, 3.8) is 0 Å². The Bertz CT molecular complexity index is 739. The maximum atomic E-state index is 14.0. The molecule has 2 aromatic carbocycles. The lowest BCUT2D eigenvalue weighted by Gasteiger charge is -2.15. The van der Waals surface area contributed by atoms with E-state index in [0.29, 0.717) is 22.9 Å². The minimum atomic E-state index is -0.296. The van der Waals surface area contributed by atoms with Crippen LogP contribution in [0, 0.1) is 5.82 Å². The summed E-state index contributed by atoms with van der Waals surface area (Å²) in [4.78, 5) is 4.42. The Labute approximate surface area is 126 Å². The quantitative estimate of drug-likeness (QED) is 0.788. The maximum absolute atomic E-state index is 14.0. The molecule has 0 spiro atoms. The molecule has 1 N–H and O–H groups in total. The first-order valence-corrected chi connectivity index (χ1v) is 7.02. The zero-order valence-electron chi connectivity index (χ0n) is 11.4. The lowest BCUT2D eigenvalue weighted by atomic mass is 10.0. The minimum absolute atomic E-state index is 0.253. The molecule has 3 aromatic rings. The van der Waals surface area contributed by atoms with Crippen LogP contribution in [0.3, 0.4) is 0 Å². The van der Waals surface area contributed by atoms with Crippen LogP contribution in [0.2, 0.25) is 5.02 Å². The molecular weight excluding hydrogens is 291 g/mol. The summed E-state index contributed by atoms with van der Waals surface area (Å²) in [5, 5.41) is 3.58. The van der Waals surface area contributed by atoms with Gasteiger partial charge >= 0.3 is 0 Å². The summed E-state index contributed by atoms with van der Waals surface area (Å²) in [6.07, 6.45) is 0.447. The largest absolute Gasteiger partial charge is 0.441 e. The number of aromatic nitrogens is 1. The fraction of sp³-hybridized carbons (Fsp3) is 0.188. The van der Waals surface area contributed by atoms with Crippen LogP contribution in [0.1, 0.15) is 17.5 Å². The van der Waals surface area contributed by atoms with Gasteiger partial charge in [0.2, 0.25) is 0 Å². The molecule has 1 atom stereocenters. The van der Waals surface area contributed by atoms with Crippen molar-refractivity contribution in [2.24, 2.45) is 0 Å². The predicted octanol–water partition coefficient (Wildman–Crippen LogP) is 4.12. The van der Waals surface area contributed by atoms with E-state index < -0.39 is 0 Å². The Morgan fingerprint density at radius 3 is 2.86 bits per heavy atom. The molecule has 0 amide bonds. The number of nitrogens with one attached hydrogen (secondary N) is 1. The van der Waals surface area contributed by atoms with E-state index in [1.807, 2.05) is 24.3 Å². The molecule has 3 nitrogen and oxygen atoms in total. The molecule has 0 saturated heterocycles. The van der Waals surface area contributed by atoms with E-state index >= 15 is 0 Å². The summed E-state index contributed by atoms with van der Waals surface area (Å²) < 4.78 is 19.6. The number of rotatable bonds is 4. The summed E-state index contributed by atoms with van der Waals surface area (Å²) in [6, 6.07) is 11.8. The molecule has 1 aromatic heterocycles. The van der Waals surface area contributed by atoms with E-state index in [1.54, 1.807) is 13.1 Å². The number of fused-ring (bicyclic) bond motifs is 1. The van der Waals surface area contributed by atoms with Crippen LogP contribution < -0.4 is 5.32 Å². The van der Waals surface area contributed by atoms with Crippen molar-refractivity contribution in [1.82, 2.24) is 10.3 Å². The van der Waals surface area contributed by atoms with Gasteiger partial charge in [0.15, 0.2) is 11.5 Å². The molecule has 1 heterocycles. The average molecular weight is 305 g/mol. The first-order chi connectivity index (χ1) is 10.2. The van der Waals surface area contributed by atoms with Crippen molar-refractivity contribution in [2.45, 2.75) is 12.5 Å². The molecule has 0 radical (unpaired) electrons. The molecular formula is C16H14ClFN2O. The van der Waals surface area contributed by atoms with Crippen LogP contribution in [-0.2, 0) is 6.42 Å². The fourth-order valence-corrected chi connectivity index (χ4v) is 2.51. The van der Waals surface area contributed by atoms with Gasteiger partial charge in [0.1, 0.15) is 11.3 Å². The average Bonchev–Trinajstić information content (AvgIpc) is 2.90. The Morgan fingerprint density at radius 2 is 2.10 bits per heavy atom. The van der Waals surface area contributed by atoms with E-state index in [2.05, 4.69) is 10.3 Å². The van der Waals surface area contributed by atoms with Gasteiger partial charge in [-0.25, -0.2) is 9.37 Å². The highest BCUT2D eigenvalue weighted by Gasteiger charge is 2.18. The lowest BCUT2D eigenvalue weighted by molar-refractivity contribution is 0.461. The van der Waals surface area contributed by atoms with Crippen molar-refractivity contribution < 1.29 is 8.81 Å². The number of halogens is 2. The summed E-state index contributed by atoms with van der Waals surface area (Å²) in [5.41, 5.74) is 2.04. The highest BCUT2D eigenvalue weighted by atomic mass is 35.5. The molecule has 0 aliphatic rings. The molecule has 0 saturated carbocycles. The minimum Gasteiger partial charge on any atom is -0.441 e. The molecule has 0 aliphatic heterocycles. The normalized spacial score (nSPS) is 12.7. The van der Waals surface area contributed by atoms with Crippen LogP contribution in [-0.4, -0.2) is 12.0 Å². The van der Waals surface area contributed by atoms with Crippen LogP contribution >= 0.6 is 11.6 Å². The number of para-hydroxylation sites is 2. The van der Waals surface area contributed by atoms with E-state index in [-0.39, 0.29) is 11.9 Å². The van der Waals surface area contributed by atoms with Crippen molar-refractivity contribution in [3.05, 3.63) is 64.8 Å². The zero-order valence-corrected chi connectivity index (χ0v) is 12.2. The van der Waals surface area contributed by atoms with E-state index in [0.717, 1.165) is 11.1 Å². The van der Waals surface area contributed by atoms with E-state index in [9.17, 15) is 4.39 Å². The van der Waals surface area contributed by atoms with Gasteiger partial charge in [0.05, 0.1) is 0 Å². The van der Waals surface area contributed by atoms with Crippen molar-refractivity contribution >= 4 is 22.7 Å². The van der Waals surface area contributed by atoms with Gasteiger partial charge in [-0.15, -0.1) is 0 Å². The van der Waals surface area contributed by atoms with Crippen molar-refractivity contribution in [3.8, 4) is 0 Å². The molecule has 0 bridgehead atoms. The SMILES string of the molecule is CNC(Cc1nc2ccccc2o1)c1cc(Cl)ccc1F. The molecule has 1 unspecified atom stereocenters. The molecule has 108 valence electrons. The predicted molar refractivity (Wildman–Crippen MR) is 80.9 cm³/mol. The van der Waals surface area contributed by atoms with Gasteiger partial charge in [-0.1, -0.05) is 23.7 Å². The van der Waals surface area contributed by atoms with Gasteiger partial charge in [0.25, 0.3) is 0 Å². The topological polar surface area (TPSA) is 38.1 Å². The van der Waals surface area contributed by atoms with Crippen LogP contribution in [0.25, 0.3) is 11.1 Å². The number of likely N-dealkylation sites (N-methyl/N-ethyl adjacent to an activating group) is 1. The summed E-state index contributed by atoms with van der Waals surface area (Å²) in [6.45, 7) is 0. The monoisotopic (exact) mass is 304 g/mol. The van der Waals surface area contributed by atoms with Gasteiger partial charge in [-0.05, 0) is 37.4 Å². The summed E-state index contributed by atoms with van der Waals surface area (Å²) in [7, 11) is 1.77. The molecule has 0 fully saturated rings. The van der Waals surface area contributed by atoms with Gasteiger partial charge in [-0.3, -0.25) is 0 Å². The summed E-state index contributed by atoms with van der Waals surface area (Å²) >= 11 is 5.95. The lowest BCUT2D eigenvalue weighted by Crippen LogP contribution is -2.20. The molecule has 5 heteroatoms. The highest BCUT2D eigenvalue weighted by Crippen LogP contribution is 2.25. The van der Waals surface area contributed by atoms with Crippen LogP contribution in [0.15, 0.2) is 46.9 Å². The summed E-state index contributed by atoms with van der Waals surface area (Å²) in [5.74, 6) is 0.268. The first kappa shape index (κ1) is 14.0. The van der Waals surface area contributed by atoms with Crippen LogP contribution in [0.5, 0.6) is 0 Å². The second-order valence-electron chi connectivity index (χ2n) is 4.79. The molecule has 0 aliphatic carbocycles. The fourth-order valence-electron chi connectivity index (χ4n) is 2.33. The molecule has 3 rings (SSSR count). The Kier molecular flexibility index (Phi) is 3.90. The van der Waals surface area contributed by atoms with Crippen molar-refractivity contribution in [2.75, 3.05) is 7.05 Å². The number of hydrogen-bond acceptors (Lipinski definition) is 3. The Hall–Kier alpha value is -1.91. The first-order valence-electron chi connectivity index (χ1n) is 6.64. The standard InChI is InChI=1S/C16H14ClFN2O/c1-19-14(11-8-10(17)6-7-12(11)18)9-16-20-13-4-2-3-5-15(13)21-16/h2-8,14,19H,9H2,1H3. The Balaban J connectivity index is 1.91. The van der Waals surface area contributed by atoms with Gasteiger partial charge < -0.3 is 9.73 Å². The third-order valence-corrected chi connectivity index (χ3v) is 3.63. The number of benzene rings is 2. The van der Waals surface area contributed by atoms with Gasteiger partial charge in [0, 0.05) is 23.0 Å². The van der Waals surface area contributed by atoms with Crippen LogP contribution in [0.4, 0.5) is 4.39 Å². The number of nitrogens with zero attached hydrogens (tertiary/aromatic N) is 1. The van der Waals surface area contributed by atoms with Gasteiger partial charge in [-0.2, -0.15) is 0 Å². The highest BCUT2D eigenvalue weighted by molar-refractivity contribution is 6.30.